The summed E-state index contributed by atoms with van der Waals surface area (Å²) in [6.45, 7) is 0.963. The Labute approximate surface area is 148 Å². The molecule has 2 aromatic carbocycles. The van der Waals surface area contributed by atoms with Crippen LogP contribution >= 0.6 is 0 Å². The van der Waals surface area contributed by atoms with E-state index in [1.807, 2.05) is 0 Å². The first kappa shape index (κ1) is 19.2. The van der Waals surface area contributed by atoms with Gasteiger partial charge in [0.15, 0.2) is 6.61 Å². The maximum atomic E-state index is 13.6. The fourth-order valence-corrected chi connectivity index (χ4v) is 2.14. The molecule has 26 heavy (non-hydrogen) atoms. The summed E-state index contributed by atoms with van der Waals surface area (Å²) in [5.41, 5.74) is 0.704. The first-order chi connectivity index (χ1) is 12.3. The van der Waals surface area contributed by atoms with Gasteiger partial charge >= 0.3 is 5.97 Å². The fraction of sp³-hybridized carbons (Fsp3) is 0.158. The van der Waals surface area contributed by atoms with Crippen molar-refractivity contribution in [2.45, 2.75) is 13.0 Å². The molecule has 1 amide bonds. The van der Waals surface area contributed by atoms with E-state index in [4.69, 9.17) is 4.74 Å². The van der Waals surface area contributed by atoms with Crippen LogP contribution in [0.1, 0.15) is 24.1 Å². The standard InChI is InChI=1S/C19H16F3NO3/c1-12(16-8-7-15(21)10-17(16)22)23-18(24)11-26-19(25)9-4-13-2-5-14(20)6-3-13/h2-10,12H,11H2,1H3,(H,23,24)/b9-4+/t12-/m1/s1. The van der Waals surface area contributed by atoms with Gasteiger partial charge < -0.3 is 10.1 Å². The molecular weight excluding hydrogens is 347 g/mol. The third-order valence-electron chi connectivity index (χ3n) is 3.43. The Morgan fingerprint density at radius 2 is 1.73 bits per heavy atom. The van der Waals surface area contributed by atoms with Crippen molar-refractivity contribution in [2.75, 3.05) is 6.61 Å². The maximum absolute atomic E-state index is 13.6. The summed E-state index contributed by atoms with van der Waals surface area (Å²) in [6.07, 6.45) is 2.51. The van der Waals surface area contributed by atoms with Crippen molar-refractivity contribution in [1.29, 1.82) is 0 Å². The van der Waals surface area contributed by atoms with E-state index >= 15 is 0 Å². The van der Waals surface area contributed by atoms with Crippen LogP contribution < -0.4 is 5.32 Å². The quantitative estimate of drug-likeness (QED) is 0.631. The number of nitrogens with one attached hydrogen (secondary N) is 1. The van der Waals surface area contributed by atoms with Crippen molar-refractivity contribution in [2.24, 2.45) is 0 Å². The number of esters is 1. The zero-order valence-corrected chi connectivity index (χ0v) is 13.8. The van der Waals surface area contributed by atoms with Gasteiger partial charge in [-0.1, -0.05) is 18.2 Å². The third kappa shape index (κ3) is 5.77. The van der Waals surface area contributed by atoms with Gasteiger partial charge in [-0.15, -0.1) is 0 Å². The van der Waals surface area contributed by atoms with Crippen molar-refractivity contribution >= 4 is 18.0 Å². The molecule has 0 saturated heterocycles. The number of amides is 1. The second-order valence-electron chi connectivity index (χ2n) is 5.45. The lowest BCUT2D eigenvalue weighted by Gasteiger charge is -2.15. The van der Waals surface area contributed by atoms with Crippen LogP contribution in [0.15, 0.2) is 48.5 Å². The molecular formula is C19H16F3NO3. The molecule has 0 aliphatic rings. The molecule has 2 aromatic rings. The molecule has 0 spiro atoms. The Bertz CT molecular complexity index is 819. The van der Waals surface area contributed by atoms with Gasteiger partial charge in [-0.3, -0.25) is 4.79 Å². The van der Waals surface area contributed by atoms with Crippen LogP contribution in [0.4, 0.5) is 13.2 Å². The molecule has 0 aliphatic carbocycles. The van der Waals surface area contributed by atoms with E-state index in [0.717, 1.165) is 18.2 Å². The molecule has 0 saturated carbocycles. The number of ether oxygens (including phenoxy) is 1. The Kier molecular flexibility index (Phi) is 6.54. The first-order valence-electron chi connectivity index (χ1n) is 7.70. The van der Waals surface area contributed by atoms with Crippen LogP contribution in [0.5, 0.6) is 0 Å². The monoisotopic (exact) mass is 363 g/mol. The average molecular weight is 363 g/mol. The van der Waals surface area contributed by atoms with E-state index in [1.54, 1.807) is 0 Å². The van der Waals surface area contributed by atoms with Crippen LogP contribution in [-0.4, -0.2) is 18.5 Å². The molecule has 0 unspecified atom stereocenters. The van der Waals surface area contributed by atoms with Crippen molar-refractivity contribution < 1.29 is 27.5 Å². The number of hydrogen-bond acceptors (Lipinski definition) is 3. The van der Waals surface area contributed by atoms with Crippen molar-refractivity contribution in [1.82, 2.24) is 5.32 Å². The van der Waals surface area contributed by atoms with Gasteiger partial charge in [-0.2, -0.15) is 0 Å². The van der Waals surface area contributed by atoms with E-state index in [1.165, 1.54) is 43.3 Å². The summed E-state index contributed by atoms with van der Waals surface area (Å²) in [4.78, 5) is 23.3. The summed E-state index contributed by atoms with van der Waals surface area (Å²) >= 11 is 0. The van der Waals surface area contributed by atoms with Gasteiger partial charge in [0.25, 0.3) is 5.91 Å². The lowest BCUT2D eigenvalue weighted by Crippen LogP contribution is -2.31. The summed E-state index contributed by atoms with van der Waals surface area (Å²) in [5.74, 6) is -3.29. The molecule has 0 aromatic heterocycles. The van der Waals surface area contributed by atoms with Gasteiger partial charge in [0.05, 0.1) is 6.04 Å². The second kappa shape index (κ2) is 8.84. The van der Waals surface area contributed by atoms with Gasteiger partial charge in [0.2, 0.25) is 0 Å². The molecule has 1 atom stereocenters. The number of rotatable bonds is 6. The Balaban J connectivity index is 1.82. The van der Waals surface area contributed by atoms with Crippen LogP contribution in [0.25, 0.3) is 6.08 Å². The fourth-order valence-electron chi connectivity index (χ4n) is 2.14. The highest BCUT2D eigenvalue weighted by atomic mass is 19.1. The van der Waals surface area contributed by atoms with Crippen LogP contribution in [0, 0.1) is 17.5 Å². The SMILES string of the molecule is C[C@@H](NC(=O)COC(=O)/C=C/c1ccc(F)cc1)c1ccc(F)cc1F. The van der Waals surface area contributed by atoms with E-state index in [-0.39, 0.29) is 5.56 Å². The Morgan fingerprint density at radius 3 is 2.38 bits per heavy atom. The Morgan fingerprint density at radius 1 is 1.08 bits per heavy atom. The summed E-state index contributed by atoms with van der Waals surface area (Å²) in [6, 6.07) is 7.75. The first-order valence-corrected chi connectivity index (χ1v) is 7.70. The topological polar surface area (TPSA) is 55.4 Å². The number of carbonyl (C=O) groups excluding carboxylic acids is 2. The molecule has 136 valence electrons. The van der Waals surface area contributed by atoms with Crippen LogP contribution in [0.3, 0.4) is 0 Å². The highest BCUT2D eigenvalue weighted by Gasteiger charge is 2.15. The molecule has 4 nitrogen and oxygen atoms in total. The number of hydrogen-bond donors (Lipinski definition) is 1. The van der Waals surface area contributed by atoms with E-state index in [9.17, 15) is 22.8 Å². The zero-order valence-electron chi connectivity index (χ0n) is 13.8. The number of benzene rings is 2. The predicted octanol–water partition coefficient (Wildman–Crippen LogP) is 3.54. The van der Waals surface area contributed by atoms with Crippen molar-refractivity contribution in [3.8, 4) is 0 Å². The van der Waals surface area contributed by atoms with Gasteiger partial charge in [-0.05, 0) is 36.8 Å². The number of halogens is 3. The highest BCUT2D eigenvalue weighted by molar-refractivity contribution is 5.89. The molecule has 0 radical (unpaired) electrons. The number of carbonyl (C=O) groups is 2. The zero-order chi connectivity index (χ0) is 19.1. The molecule has 1 N–H and O–H groups in total. The smallest absolute Gasteiger partial charge is 0.331 e. The van der Waals surface area contributed by atoms with Gasteiger partial charge in [0, 0.05) is 17.7 Å². The van der Waals surface area contributed by atoms with Crippen molar-refractivity contribution in [3.05, 3.63) is 77.1 Å². The van der Waals surface area contributed by atoms with E-state index in [2.05, 4.69) is 5.32 Å². The van der Waals surface area contributed by atoms with Gasteiger partial charge in [-0.25, -0.2) is 18.0 Å². The largest absolute Gasteiger partial charge is 0.452 e. The van der Waals surface area contributed by atoms with Crippen LogP contribution in [-0.2, 0) is 14.3 Å². The molecule has 7 heteroatoms. The minimum Gasteiger partial charge on any atom is -0.452 e. The highest BCUT2D eigenvalue weighted by Crippen LogP contribution is 2.17. The lowest BCUT2D eigenvalue weighted by molar-refractivity contribution is -0.144. The summed E-state index contributed by atoms with van der Waals surface area (Å²) in [5, 5.41) is 2.45. The molecule has 0 aliphatic heterocycles. The normalized spacial score (nSPS) is 12.0. The summed E-state index contributed by atoms with van der Waals surface area (Å²) in [7, 11) is 0. The molecule has 0 heterocycles. The molecule has 2 rings (SSSR count). The predicted molar refractivity (Wildman–Crippen MR) is 89.3 cm³/mol. The third-order valence-corrected chi connectivity index (χ3v) is 3.43. The van der Waals surface area contributed by atoms with Crippen LogP contribution in [0.2, 0.25) is 0 Å². The molecule has 0 bridgehead atoms. The minimum atomic E-state index is -0.781. The molecule has 0 fully saturated rings. The van der Waals surface area contributed by atoms with Crippen molar-refractivity contribution in [3.63, 3.8) is 0 Å². The lowest BCUT2D eigenvalue weighted by atomic mass is 10.1. The van der Waals surface area contributed by atoms with E-state index < -0.39 is 42.0 Å². The Hall–Kier alpha value is -3.09. The minimum absolute atomic E-state index is 0.113. The van der Waals surface area contributed by atoms with Gasteiger partial charge in [0.1, 0.15) is 17.5 Å². The summed E-state index contributed by atoms with van der Waals surface area (Å²) < 4.78 is 44.1. The maximum Gasteiger partial charge on any atom is 0.331 e. The second-order valence-corrected chi connectivity index (χ2v) is 5.45. The van der Waals surface area contributed by atoms with E-state index in [0.29, 0.717) is 5.56 Å². The average Bonchev–Trinajstić information content (AvgIpc) is 2.59.